The maximum absolute atomic E-state index is 13.5. The van der Waals surface area contributed by atoms with Crippen LogP contribution in [0, 0.1) is 5.82 Å². The van der Waals surface area contributed by atoms with E-state index in [4.69, 9.17) is 0 Å². The molecule has 0 radical (unpaired) electrons. The highest BCUT2D eigenvalue weighted by molar-refractivity contribution is 5.89. The lowest BCUT2D eigenvalue weighted by atomic mass is 10.1. The Hall–Kier alpha value is -1.62. The summed E-state index contributed by atoms with van der Waals surface area (Å²) in [5.74, 6) is -0.685. The Morgan fingerprint density at radius 1 is 1.47 bits per heavy atom. The standard InChI is InChI=1S/C14H20FN3O/c1-10(19)16-14-8-11(5-6-13(14)15)17-12-4-3-7-18(2)9-12/h5-6,8,12,17H,3-4,7,9H2,1-2H3,(H,16,19). The fourth-order valence-electron chi connectivity index (χ4n) is 2.42. The minimum absolute atomic E-state index is 0.224. The molecule has 0 bridgehead atoms. The van der Waals surface area contributed by atoms with Gasteiger partial charge in [0.05, 0.1) is 5.69 Å². The summed E-state index contributed by atoms with van der Waals surface area (Å²) in [5, 5.41) is 5.89. The number of likely N-dealkylation sites (tertiary alicyclic amines) is 1. The summed E-state index contributed by atoms with van der Waals surface area (Å²) in [5.41, 5.74) is 1.06. The van der Waals surface area contributed by atoms with Crippen LogP contribution in [0.1, 0.15) is 19.8 Å². The van der Waals surface area contributed by atoms with Crippen LogP contribution in [0.25, 0.3) is 0 Å². The zero-order valence-electron chi connectivity index (χ0n) is 11.4. The van der Waals surface area contributed by atoms with Gasteiger partial charge in [-0.25, -0.2) is 4.39 Å². The quantitative estimate of drug-likeness (QED) is 0.881. The summed E-state index contributed by atoms with van der Waals surface area (Å²) >= 11 is 0. The van der Waals surface area contributed by atoms with Crippen LogP contribution in [0.5, 0.6) is 0 Å². The van der Waals surface area contributed by atoms with Crippen molar-refractivity contribution in [3.05, 3.63) is 24.0 Å². The number of likely N-dealkylation sites (N-methyl/N-ethyl adjacent to an activating group) is 1. The molecule has 1 saturated heterocycles. The van der Waals surface area contributed by atoms with E-state index in [1.807, 2.05) is 0 Å². The highest BCUT2D eigenvalue weighted by Gasteiger charge is 2.17. The molecular formula is C14H20FN3O. The Morgan fingerprint density at radius 2 is 2.26 bits per heavy atom. The van der Waals surface area contributed by atoms with E-state index in [2.05, 4.69) is 22.6 Å². The summed E-state index contributed by atoms with van der Waals surface area (Å²) < 4.78 is 13.5. The maximum atomic E-state index is 13.5. The lowest BCUT2D eigenvalue weighted by molar-refractivity contribution is -0.114. The SMILES string of the molecule is CC(=O)Nc1cc(NC2CCCN(C)C2)ccc1F. The highest BCUT2D eigenvalue weighted by atomic mass is 19.1. The van der Waals surface area contributed by atoms with Crippen molar-refractivity contribution < 1.29 is 9.18 Å². The van der Waals surface area contributed by atoms with Gasteiger partial charge in [0.25, 0.3) is 0 Å². The number of anilines is 2. The highest BCUT2D eigenvalue weighted by Crippen LogP contribution is 2.22. The van der Waals surface area contributed by atoms with Gasteiger partial charge in [-0.2, -0.15) is 0 Å². The van der Waals surface area contributed by atoms with Crippen molar-refractivity contribution in [2.75, 3.05) is 30.8 Å². The third kappa shape index (κ3) is 3.92. The van der Waals surface area contributed by atoms with Crippen molar-refractivity contribution >= 4 is 17.3 Å². The van der Waals surface area contributed by atoms with Crippen molar-refractivity contribution in [3.63, 3.8) is 0 Å². The lowest BCUT2D eigenvalue weighted by Crippen LogP contribution is -2.39. The fraction of sp³-hybridized carbons (Fsp3) is 0.500. The van der Waals surface area contributed by atoms with Gasteiger partial charge in [-0.3, -0.25) is 4.79 Å². The molecule has 2 N–H and O–H groups in total. The molecule has 5 heteroatoms. The smallest absolute Gasteiger partial charge is 0.221 e. The van der Waals surface area contributed by atoms with Gasteiger partial charge in [0, 0.05) is 25.2 Å². The Morgan fingerprint density at radius 3 is 2.95 bits per heavy atom. The van der Waals surface area contributed by atoms with E-state index in [-0.39, 0.29) is 11.6 Å². The molecule has 0 saturated carbocycles. The predicted molar refractivity (Wildman–Crippen MR) is 74.8 cm³/mol. The number of nitrogens with zero attached hydrogens (tertiary/aromatic N) is 1. The normalized spacial score (nSPS) is 20.1. The minimum atomic E-state index is -0.415. The molecule has 4 nitrogen and oxygen atoms in total. The molecule has 19 heavy (non-hydrogen) atoms. The molecule has 0 spiro atoms. The summed E-state index contributed by atoms with van der Waals surface area (Å²) in [6.45, 7) is 3.47. The molecule has 1 amide bonds. The number of hydrogen-bond donors (Lipinski definition) is 2. The second kappa shape index (κ2) is 6.02. The van der Waals surface area contributed by atoms with Gasteiger partial charge < -0.3 is 15.5 Å². The molecule has 0 aromatic heterocycles. The molecule has 1 aliphatic heterocycles. The van der Waals surface area contributed by atoms with Gasteiger partial charge in [-0.1, -0.05) is 0 Å². The van der Waals surface area contributed by atoms with E-state index in [1.165, 1.54) is 13.0 Å². The summed E-state index contributed by atoms with van der Waals surface area (Å²) in [4.78, 5) is 13.3. The van der Waals surface area contributed by atoms with Crippen LogP contribution < -0.4 is 10.6 Å². The second-order valence-corrected chi connectivity index (χ2v) is 5.12. The molecule has 0 aliphatic carbocycles. The van der Waals surface area contributed by atoms with Gasteiger partial charge >= 0.3 is 0 Å². The molecule has 1 fully saturated rings. The number of carbonyl (C=O) groups excluding carboxylic acids is 1. The van der Waals surface area contributed by atoms with Crippen molar-refractivity contribution in [3.8, 4) is 0 Å². The Kier molecular flexibility index (Phi) is 4.37. The number of piperidine rings is 1. The predicted octanol–water partition coefficient (Wildman–Crippen LogP) is 2.29. The van der Waals surface area contributed by atoms with Crippen LogP contribution in [-0.4, -0.2) is 37.0 Å². The average molecular weight is 265 g/mol. The van der Waals surface area contributed by atoms with E-state index in [0.29, 0.717) is 6.04 Å². The first-order valence-electron chi connectivity index (χ1n) is 6.57. The first-order chi connectivity index (χ1) is 9.04. The third-order valence-electron chi connectivity index (χ3n) is 3.27. The monoisotopic (exact) mass is 265 g/mol. The molecule has 1 aromatic carbocycles. The van der Waals surface area contributed by atoms with Gasteiger partial charge in [-0.15, -0.1) is 0 Å². The zero-order valence-corrected chi connectivity index (χ0v) is 11.4. The molecule has 1 unspecified atom stereocenters. The Bertz CT molecular complexity index is 464. The molecular weight excluding hydrogens is 245 g/mol. The van der Waals surface area contributed by atoms with E-state index in [9.17, 15) is 9.18 Å². The lowest BCUT2D eigenvalue weighted by Gasteiger charge is -2.31. The molecule has 1 heterocycles. The van der Waals surface area contributed by atoms with Crippen molar-refractivity contribution in [2.45, 2.75) is 25.8 Å². The van der Waals surface area contributed by atoms with Crippen LogP contribution in [0.15, 0.2) is 18.2 Å². The Balaban J connectivity index is 2.05. The van der Waals surface area contributed by atoms with Gasteiger partial charge in [-0.05, 0) is 44.6 Å². The van der Waals surface area contributed by atoms with Gasteiger partial charge in [0.1, 0.15) is 5.82 Å². The number of halogens is 1. The summed E-state index contributed by atoms with van der Waals surface area (Å²) in [6, 6.07) is 5.09. The van der Waals surface area contributed by atoms with Crippen LogP contribution >= 0.6 is 0 Å². The van der Waals surface area contributed by atoms with Crippen molar-refractivity contribution in [2.24, 2.45) is 0 Å². The van der Waals surface area contributed by atoms with Gasteiger partial charge in [0.2, 0.25) is 5.91 Å². The van der Waals surface area contributed by atoms with Crippen LogP contribution in [0.3, 0.4) is 0 Å². The topological polar surface area (TPSA) is 44.4 Å². The molecule has 104 valence electrons. The zero-order chi connectivity index (χ0) is 13.8. The number of carbonyl (C=O) groups is 1. The molecule has 1 atom stereocenters. The molecule has 1 aromatic rings. The molecule has 1 aliphatic rings. The number of nitrogens with one attached hydrogen (secondary N) is 2. The summed E-state index contributed by atoms with van der Waals surface area (Å²) in [7, 11) is 2.10. The number of hydrogen-bond acceptors (Lipinski definition) is 3. The number of rotatable bonds is 3. The number of amides is 1. The second-order valence-electron chi connectivity index (χ2n) is 5.12. The van der Waals surface area contributed by atoms with Crippen LogP contribution in [0.4, 0.5) is 15.8 Å². The van der Waals surface area contributed by atoms with E-state index >= 15 is 0 Å². The Labute approximate surface area is 113 Å². The first-order valence-corrected chi connectivity index (χ1v) is 6.57. The van der Waals surface area contributed by atoms with Crippen LogP contribution in [0.2, 0.25) is 0 Å². The number of benzene rings is 1. The van der Waals surface area contributed by atoms with Crippen molar-refractivity contribution in [1.29, 1.82) is 0 Å². The van der Waals surface area contributed by atoms with Crippen LogP contribution in [-0.2, 0) is 4.79 Å². The average Bonchev–Trinajstić information content (AvgIpc) is 2.33. The molecule has 2 rings (SSSR count). The van der Waals surface area contributed by atoms with Crippen molar-refractivity contribution in [1.82, 2.24) is 4.90 Å². The maximum Gasteiger partial charge on any atom is 0.221 e. The van der Waals surface area contributed by atoms with E-state index in [1.54, 1.807) is 12.1 Å². The fourth-order valence-corrected chi connectivity index (χ4v) is 2.42. The van der Waals surface area contributed by atoms with Gasteiger partial charge in [0.15, 0.2) is 0 Å². The largest absolute Gasteiger partial charge is 0.381 e. The minimum Gasteiger partial charge on any atom is -0.381 e. The summed E-state index contributed by atoms with van der Waals surface area (Å²) in [6.07, 6.45) is 2.27. The van der Waals surface area contributed by atoms with E-state index < -0.39 is 5.82 Å². The first kappa shape index (κ1) is 13.8. The third-order valence-corrected chi connectivity index (χ3v) is 3.27. The van der Waals surface area contributed by atoms with E-state index in [0.717, 1.165) is 31.6 Å².